The summed E-state index contributed by atoms with van der Waals surface area (Å²) >= 11 is 0. The molecule has 0 unspecified atom stereocenters. The van der Waals surface area contributed by atoms with Crippen LogP contribution in [0.25, 0.3) is 10.8 Å². The summed E-state index contributed by atoms with van der Waals surface area (Å²) in [4.78, 5) is 21.8. The Bertz CT molecular complexity index is 543. The number of fused-ring (bicyclic) bond motifs is 1. The van der Waals surface area contributed by atoms with Crippen LogP contribution in [-0.2, 0) is 44.8 Å². The number of hydrogen-bond donors (Lipinski definition) is 2. The molecule has 0 heterocycles. The van der Waals surface area contributed by atoms with Crippen molar-refractivity contribution >= 4 is 22.7 Å². The van der Waals surface area contributed by atoms with Crippen LogP contribution in [0.3, 0.4) is 0 Å². The standard InChI is InChI=1S/C12H8O4.2Ag/c13-11(14)9-5-7-3-1-2-4-8(7)6-10(9)12(15)16;;/h1-6H,(H,13,14)(H,15,16);;. The van der Waals surface area contributed by atoms with Crippen molar-refractivity contribution in [2.75, 3.05) is 0 Å². The molecule has 0 fully saturated rings. The van der Waals surface area contributed by atoms with Crippen molar-refractivity contribution in [3.63, 3.8) is 0 Å². The Hall–Kier alpha value is -0.879. The van der Waals surface area contributed by atoms with Gasteiger partial charge in [0.15, 0.2) is 0 Å². The van der Waals surface area contributed by atoms with Crippen LogP contribution in [0.1, 0.15) is 20.7 Å². The van der Waals surface area contributed by atoms with Crippen LogP contribution in [0.5, 0.6) is 0 Å². The Labute approximate surface area is 134 Å². The molecular weight excluding hydrogens is 424 g/mol. The van der Waals surface area contributed by atoms with E-state index in [9.17, 15) is 9.59 Å². The van der Waals surface area contributed by atoms with Crippen LogP contribution >= 0.6 is 0 Å². The topological polar surface area (TPSA) is 74.6 Å². The molecule has 2 rings (SSSR count). The van der Waals surface area contributed by atoms with E-state index in [1.165, 1.54) is 12.1 Å². The third-order valence-electron chi connectivity index (χ3n) is 2.35. The van der Waals surface area contributed by atoms with Crippen LogP contribution in [-0.4, -0.2) is 22.2 Å². The fraction of sp³-hybridized carbons (Fsp3) is 0. The maximum atomic E-state index is 10.9. The zero-order chi connectivity index (χ0) is 11.7. The summed E-state index contributed by atoms with van der Waals surface area (Å²) in [5, 5.41) is 19.2. The van der Waals surface area contributed by atoms with E-state index in [2.05, 4.69) is 0 Å². The van der Waals surface area contributed by atoms with E-state index >= 15 is 0 Å². The Morgan fingerprint density at radius 3 is 1.39 bits per heavy atom. The summed E-state index contributed by atoms with van der Waals surface area (Å²) < 4.78 is 0. The SMILES string of the molecule is O=C(O)c1cc2ccccc2cc1C(=O)O.[Ag].[Ag]. The van der Waals surface area contributed by atoms with E-state index in [1.54, 1.807) is 24.3 Å². The smallest absolute Gasteiger partial charge is 0.336 e. The second-order valence-electron chi connectivity index (χ2n) is 3.36. The maximum Gasteiger partial charge on any atom is 0.336 e. The predicted molar refractivity (Wildman–Crippen MR) is 57.9 cm³/mol. The molecule has 4 nitrogen and oxygen atoms in total. The first-order valence-electron chi connectivity index (χ1n) is 4.59. The molecule has 2 N–H and O–H groups in total. The van der Waals surface area contributed by atoms with Gasteiger partial charge in [-0.15, -0.1) is 0 Å². The number of hydrogen-bond acceptors (Lipinski definition) is 2. The van der Waals surface area contributed by atoms with Gasteiger partial charge in [-0.25, -0.2) is 9.59 Å². The molecule has 18 heavy (non-hydrogen) atoms. The average molecular weight is 432 g/mol. The van der Waals surface area contributed by atoms with Crippen LogP contribution < -0.4 is 0 Å². The van der Waals surface area contributed by atoms with Crippen LogP contribution in [0.15, 0.2) is 36.4 Å². The van der Waals surface area contributed by atoms with Crippen molar-refractivity contribution in [2.45, 2.75) is 0 Å². The molecule has 2 aromatic rings. The average Bonchev–Trinajstić information content (AvgIpc) is 2.27. The van der Waals surface area contributed by atoms with Crippen molar-refractivity contribution in [2.24, 2.45) is 0 Å². The Morgan fingerprint density at radius 2 is 1.11 bits per heavy atom. The largest absolute Gasteiger partial charge is 0.478 e. The molecule has 102 valence electrons. The third kappa shape index (κ3) is 3.32. The molecule has 0 aromatic heterocycles. The number of aromatic carboxylic acids is 2. The van der Waals surface area contributed by atoms with Gasteiger partial charge in [-0.1, -0.05) is 24.3 Å². The minimum atomic E-state index is -1.23. The first-order valence-corrected chi connectivity index (χ1v) is 4.59. The molecular formula is C12H8Ag2O4. The van der Waals surface area contributed by atoms with E-state index in [0.717, 1.165) is 0 Å². The number of carbonyl (C=O) groups is 2. The Morgan fingerprint density at radius 1 is 0.778 bits per heavy atom. The number of carboxylic acids is 2. The van der Waals surface area contributed by atoms with Gasteiger partial charge in [-0.05, 0) is 22.9 Å². The fourth-order valence-corrected chi connectivity index (χ4v) is 1.59. The molecule has 0 amide bonds. The summed E-state index contributed by atoms with van der Waals surface area (Å²) in [6.07, 6.45) is 0. The number of carboxylic acid groups (broad SMARTS) is 2. The van der Waals surface area contributed by atoms with E-state index < -0.39 is 11.9 Å². The van der Waals surface area contributed by atoms with Gasteiger partial charge in [0.2, 0.25) is 0 Å². The Kier molecular flexibility index (Phi) is 6.56. The quantitative estimate of drug-likeness (QED) is 0.715. The molecule has 2 radical (unpaired) electrons. The van der Waals surface area contributed by atoms with Gasteiger partial charge < -0.3 is 10.2 Å². The molecule has 0 spiro atoms. The van der Waals surface area contributed by atoms with Gasteiger partial charge in [0.25, 0.3) is 0 Å². The minimum Gasteiger partial charge on any atom is -0.478 e. The van der Waals surface area contributed by atoms with Gasteiger partial charge in [-0.2, -0.15) is 0 Å². The van der Waals surface area contributed by atoms with Gasteiger partial charge in [0, 0.05) is 44.8 Å². The van der Waals surface area contributed by atoms with E-state index in [4.69, 9.17) is 10.2 Å². The first kappa shape index (κ1) is 17.1. The summed E-state index contributed by atoms with van der Waals surface area (Å²) in [6, 6.07) is 9.78. The number of rotatable bonds is 2. The summed E-state index contributed by atoms with van der Waals surface area (Å²) in [7, 11) is 0. The summed E-state index contributed by atoms with van der Waals surface area (Å²) in [6.45, 7) is 0. The van der Waals surface area contributed by atoms with Gasteiger partial charge >= 0.3 is 11.9 Å². The normalized spacial score (nSPS) is 9.11. The molecule has 0 saturated heterocycles. The van der Waals surface area contributed by atoms with Gasteiger partial charge in [0.05, 0.1) is 11.1 Å². The second kappa shape index (κ2) is 6.89. The molecule has 0 atom stereocenters. The van der Waals surface area contributed by atoms with Crippen molar-refractivity contribution in [1.29, 1.82) is 0 Å². The molecule has 0 aliphatic heterocycles. The van der Waals surface area contributed by atoms with Gasteiger partial charge in [0.1, 0.15) is 0 Å². The van der Waals surface area contributed by atoms with Crippen LogP contribution in [0.4, 0.5) is 0 Å². The molecule has 0 aliphatic rings. The van der Waals surface area contributed by atoms with E-state index in [0.29, 0.717) is 10.8 Å². The Balaban J connectivity index is 0.00000144. The van der Waals surface area contributed by atoms with Crippen molar-refractivity contribution in [1.82, 2.24) is 0 Å². The number of benzene rings is 2. The zero-order valence-corrected chi connectivity index (χ0v) is 11.7. The van der Waals surface area contributed by atoms with Crippen molar-refractivity contribution < 1.29 is 64.6 Å². The molecule has 2 aromatic carbocycles. The summed E-state index contributed by atoms with van der Waals surface area (Å²) in [5.74, 6) is -2.47. The molecule has 0 saturated carbocycles. The second-order valence-corrected chi connectivity index (χ2v) is 3.36. The van der Waals surface area contributed by atoms with Crippen molar-refractivity contribution in [3.05, 3.63) is 47.5 Å². The summed E-state index contributed by atoms with van der Waals surface area (Å²) in [5.41, 5.74) is -0.377. The fourth-order valence-electron chi connectivity index (χ4n) is 1.59. The monoisotopic (exact) mass is 430 g/mol. The maximum absolute atomic E-state index is 10.9. The molecule has 0 bridgehead atoms. The van der Waals surface area contributed by atoms with Gasteiger partial charge in [-0.3, -0.25) is 0 Å². The predicted octanol–water partition coefficient (Wildman–Crippen LogP) is 2.23. The first-order chi connectivity index (χ1) is 7.59. The van der Waals surface area contributed by atoms with Crippen LogP contribution in [0.2, 0.25) is 0 Å². The minimum absolute atomic E-state index is 0. The van der Waals surface area contributed by atoms with Crippen molar-refractivity contribution in [3.8, 4) is 0 Å². The van der Waals surface area contributed by atoms with E-state index in [1.807, 2.05) is 0 Å². The third-order valence-corrected chi connectivity index (χ3v) is 2.35. The molecule has 6 heteroatoms. The zero-order valence-electron chi connectivity index (χ0n) is 8.78. The molecule has 0 aliphatic carbocycles. The van der Waals surface area contributed by atoms with E-state index in [-0.39, 0.29) is 55.9 Å². The van der Waals surface area contributed by atoms with Crippen LogP contribution in [0, 0.1) is 0 Å².